The Hall–Kier alpha value is -9.24. The lowest BCUT2D eigenvalue weighted by Crippen LogP contribution is -2.29. The van der Waals surface area contributed by atoms with Gasteiger partial charge in [-0.25, -0.2) is 0 Å². The summed E-state index contributed by atoms with van der Waals surface area (Å²) in [7, 11) is 0. The second-order valence-corrected chi connectivity index (χ2v) is 19.0. The highest BCUT2D eigenvalue weighted by Gasteiger charge is 2.25. The molecule has 0 N–H and O–H groups in total. The number of benzene rings is 12. The van der Waals surface area contributed by atoms with E-state index in [9.17, 15) is 0 Å². The molecule has 2 nitrogen and oxygen atoms in total. The van der Waals surface area contributed by atoms with Gasteiger partial charge in [-0.2, -0.15) is 0 Å². The molecule has 12 aromatic carbocycles. The summed E-state index contributed by atoms with van der Waals surface area (Å²) in [4.78, 5) is 2.54. The molecule has 0 atom stereocenters. The molecule has 0 spiro atoms. The van der Waals surface area contributed by atoms with E-state index in [1.807, 2.05) is 0 Å². The fourth-order valence-electron chi connectivity index (χ4n) is 11.9. The molecule has 0 aliphatic heterocycles. The highest BCUT2D eigenvalue weighted by molar-refractivity contribution is 6.19. The minimum atomic E-state index is 0.964. The van der Waals surface area contributed by atoms with Gasteiger partial charge in [0.05, 0.1) is 28.1 Å². The first-order valence-electron chi connectivity index (χ1n) is 25.1. The van der Waals surface area contributed by atoms with Crippen molar-refractivity contribution in [2.75, 3.05) is 4.90 Å². The van der Waals surface area contributed by atoms with E-state index in [1.165, 1.54) is 98.0 Å². The second kappa shape index (κ2) is 17.3. The third kappa shape index (κ3) is 6.79. The SMILES string of the molecule is C1=c2ccccc2=C(c2ccccc2N(c2ccc(-c3ccccc3-n3c4ccccc4c4ccc5ccccc5c43)c(-c3ccccc3)c2)c2ccc(-c3cccc4ccccc34)c3ccccc23)CC1. The Kier molecular flexibility index (Phi) is 10.0. The van der Waals surface area contributed by atoms with Crippen LogP contribution < -0.4 is 15.3 Å². The van der Waals surface area contributed by atoms with Gasteiger partial charge in [0, 0.05) is 38.4 Å². The first-order valence-corrected chi connectivity index (χ1v) is 25.1. The molecule has 0 saturated carbocycles. The van der Waals surface area contributed by atoms with Crippen molar-refractivity contribution in [2.24, 2.45) is 0 Å². The van der Waals surface area contributed by atoms with Gasteiger partial charge in [-0.1, -0.05) is 231 Å². The zero-order valence-electron chi connectivity index (χ0n) is 39.7. The molecule has 1 aromatic heterocycles. The van der Waals surface area contributed by atoms with E-state index in [-0.39, 0.29) is 0 Å². The van der Waals surface area contributed by atoms with Crippen molar-refractivity contribution in [3.8, 4) is 39.1 Å². The Morgan fingerprint density at radius 2 is 0.972 bits per heavy atom. The number of para-hydroxylation sites is 3. The Balaban J connectivity index is 1.04. The van der Waals surface area contributed by atoms with Gasteiger partial charge in [-0.05, 0) is 115 Å². The molecule has 14 rings (SSSR count). The number of nitrogens with zero attached hydrogens (tertiary/aromatic N) is 2. The maximum Gasteiger partial charge on any atom is 0.0619 e. The molecule has 2 heteroatoms. The molecule has 0 amide bonds. The van der Waals surface area contributed by atoms with Gasteiger partial charge in [0.2, 0.25) is 0 Å². The number of hydrogen-bond acceptors (Lipinski definition) is 1. The fourth-order valence-corrected chi connectivity index (χ4v) is 11.9. The van der Waals surface area contributed by atoms with E-state index in [1.54, 1.807) is 0 Å². The Labute approximate surface area is 418 Å². The number of aromatic nitrogens is 1. The van der Waals surface area contributed by atoms with E-state index in [4.69, 9.17) is 0 Å². The third-order valence-electron chi connectivity index (χ3n) is 15.1. The van der Waals surface area contributed by atoms with Crippen molar-refractivity contribution in [1.29, 1.82) is 0 Å². The summed E-state index contributed by atoms with van der Waals surface area (Å²) in [5, 5.41) is 12.5. The maximum atomic E-state index is 2.54. The Morgan fingerprint density at radius 3 is 1.85 bits per heavy atom. The highest BCUT2D eigenvalue weighted by atomic mass is 15.1. The van der Waals surface area contributed by atoms with Gasteiger partial charge < -0.3 is 9.47 Å². The van der Waals surface area contributed by atoms with Crippen molar-refractivity contribution >= 4 is 82.8 Å². The summed E-state index contributed by atoms with van der Waals surface area (Å²) >= 11 is 0. The van der Waals surface area contributed by atoms with Gasteiger partial charge in [0.25, 0.3) is 0 Å². The van der Waals surface area contributed by atoms with E-state index in [2.05, 4.69) is 276 Å². The predicted octanol–water partition coefficient (Wildman–Crippen LogP) is 17.5. The average molecular weight is 917 g/mol. The van der Waals surface area contributed by atoms with Crippen LogP contribution in [0.25, 0.3) is 105 Å². The van der Waals surface area contributed by atoms with Gasteiger partial charge in [0.1, 0.15) is 0 Å². The zero-order valence-corrected chi connectivity index (χ0v) is 39.7. The lowest BCUT2D eigenvalue weighted by atomic mass is 9.90. The van der Waals surface area contributed by atoms with Crippen LogP contribution in [-0.4, -0.2) is 4.57 Å². The number of fused-ring (bicyclic) bond motifs is 8. The molecule has 72 heavy (non-hydrogen) atoms. The van der Waals surface area contributed by atoms with E-state index in [0.717, 1.165) is 46.7 Å². The van der Waals surface area contributed by atoms with Crippen LogP contribution in [0.3, 0.4) is 0 Å². The first-order chi connectivity index (χ1) is 35.8. The van der Waals surface area contributed by atoms with E-state index in [0.29, 0.717) is 0 Å². The minimum Gasteiger partial charge on any atom is -0.309 e. The summed E-state index contributed by atoms with van der Waals surface area (Å²) < 4.78 is 2.51. The molecule has 0 saturated heterocycles. The van der Waals surface area contributed by atoms with Gasteiger partial charge >= 0.3 is 0 Å². The van der Waals surface area contributed by atoms with Crippen molar-refractivity contribution in [3.05, 3.63) is 277 Å². The average Bonchev–Trinajstić information content (AvgIpc) is 3.80. The largest absolute Gasteiger partial charge is 0.309 e. The van der Waals surface area contributed by atoms with Gasteiger partial charge in [-0.15, -0.1) is 0 Å². The molecule has 0 unspecified atom stereocenters. The summed E-state index contributed by atoms with van der Waals surface area (Å²) in [5.41, 5.74) is 16.7. The number of rotatable bonds is 8. The molecule has 1 heterocycles. The molecular formula is C70H48N2. The molecule has 0 bridgehead atoms. The molecule has 13 aromatic rings. The first kappa shape index (κ1) is 41.7. The van der Waals surface area contributed by atoms with Crippen LogP contribution in [-0.2, 0) is 0 Å². The Bertz CT molecular complexity index is 4400. The summed E-state index contributed by atoms with van der Waals surface area (Å²) in [5.74, 6) is 0. The van der Waals surface area contributed by atoms with Crippen LogP contribution >= 0.6 is 0 Å². The lowest BCUT2D eigenvalue weighted by Gasteiger charge is -2.31. The molecular weight excluding hydrogens is 869 g/mol. The molecule has 1 aliphatic rings. The minimum absolute atomic E-state index is 0.964. The van der Waals surface area contributed by atoms with Crippen LogP contribution in [0.1, 0.15) is 18.4 Å². The van der Waals surface area contributed by atoms with Crippen molar-refractivity contribution in [2.45, 2.75) is 12.8 Å². The molecule has 0 fully saturated rings. The normalized spacial score (nSPS) is 12.4. The predicted molar refractivity (Wildman–Crippen MR) is 306 cm³/mol. The second-order valence-electron chi connectivity index (χ2n) is 19.0. The van der Waals surface area contributed by atoms with Crippen LogP contribution in [0, 0.1) is 0 Å². The van der Waals surface area contributed by atoms with Crippen LogP contribution in [0.2, 0.25) is 0 Å². The molecule has 1 aliphatic carbocycles. The summed E-state index contributed by atoms with van der Waals surface area (Å²) in [6, 6.07) is 96.5. The monoisotopic (exact) mass is 916 g/mol. The molecule has 338 valence electrons. The quantitative estimate of drug-likeness (QED) is 0.147. The topological polar surface area (TPSA) is 8.17 Å². The lowest BCUT2D eigenvalue weighted by molar-refractivity contribution is 1.07. The highest BCUT2D eigenvalue weighted by Crippen LogP contribution is 2.48. The van der Waals surface area contributed by atoms with Crippen molar-refractivity contribution in [3.63, 3.8) is 0 Å². The van der Waals surface area contributed by atoms with Crippen molar-refractivity contribution < 1.29 is 0 Å². The Morgan fingerprint density at radius 1 is 0.347 bits per heavy atom. The van der Waals surface area contributed by atoms with Crippen molar-refractivity contribution in [1.82, 2.24) is 4.57 Å². The van der Waals surface area contributed by atoms with E-state index < -0.39 is 0 Å². The smallest absolute Gasteiger partial charge is 0.0619 e. The van der Waals surface area contributed by atoms with Crippen LogP contribution in [0.5, 0.6) is 0 Å². The summed E-state index contributed by atoms with van der Waals surface area (Å²) in [6.45, 7) is 0. The van der Waals surface area contributed by atoms with Crippen LogP contribution in [0.15, 0.2) is 261 Å². The molecule has 0 radical (unpaired) electrons. The van der Waals surface area contributed by atoms with E-state index >= 15 is 0 Å². The maximum absolute atomic E-state index is 2.54. The van der Waals surface area contributed by atoms with Crippen LogP contribution in [0.4, 0.5) is 17.1 Å². The van der Waals surface area contributed by atoms with Gasteiger partial charge in [-0.3, -0.25) is 0 Å². The zero-order chi connectivity index (χ0) is 47.5. The fraction of sp³-hybridized carbons (Fsp3) is 0.0286. The summed E-state index contributed by atoms with van der Waals surface area (Å²) in [6.07, 6.45) is 4.35. The number of hydrogen-bond donors (Lipinski definition) is 0. The van der Waals surface area contributed by atoms with Gasteiger partial charge in [0.15, 0.2) is 0 Å². The number of anilines is 3. The standard InChI is InChI=1S/C70H48N2/c1-2-20-49(21-3-1)65-46-51(41-43-59(65)62-33-13-16-38-67(62)72-68-39-17-14-34-63(68)64-42-40-50-24-6-9-29-54(50)70(64)72)71(66-37-15-12-32-60(66)56-36-19-26-48-23-5-8-28-53(48)56)69-45-44-58(57-30-10-11-31-61(57)69)55-35-18-25-47-22-4-7-27-52(47)55/h1-18,20-35,37-46H,19,36H2. The third-order valence-corrected chi connectivity index (χ3v) is 15.1.